The Hall–Kier alpha value is -4.71. The van der Waals surface area contributed by atoms with Gasteiger partial charge in [0.1, 0.15) is 13.2 Å². The third-order valence-electron chi connectivity index (χ3n) is 8.98. The maximum atomic E-state index is 12.7. The molecule has 0 bridgehead atoms. The zero-order valence-electron chi connectivity index (χ0n) is 38.4. The summed E-state index contributed by atoms with van der Waals surface area (Å²) in [5.41, 5.74) is 0. The molecule has 0 aliphatic heterocycles. The average Bonchev–Trinajstić information content (AvgIpc) is 3.26. The minimum Gasteiger partial charge on any atom is -0.462 e. The van der Waals surface area contributed by atoms with Crippen LogP contribution in [-0.4, -0.2) is 37.2 Å². The number of rotatable bonds is 39. The molecule has 0 saturated heterocycles. The molecule has 61 heavy (non-hydrogen) atoms. The van der Waals surface area contributed by atoms with E-state index in [0.29, 0.717) is 19.3 Å². The maximum Gasteiger partial charge on any atom is 0.306 e. The molecule has 0 spiro atoms. The van der Waals surface area contributed by atoms with Crippen molar-refractivity contribution < 1.29 is 28.6 Å². The van der Waals surface area contributed by atoms with Gasteiger partial charge in [-0.1, -0.05) is 199 Å². The minimum atomic E-state index is -0.845. The average molecular weight is 839 g/mol. The van der Waals surface area contributed by atoms with Crippen LogP contribution in [0.3, 0.4) is 0 Å². The molecule has 6 nitrogen and oxygen atoms in total. The van der Waals surface area contributed by atoms with Crippen LogP contribution in [0.2, 0.25) is 0 Å². The molecule has 338 valence electrons. The van der Waals surface area contributed by atoms with E-state index in [4.69, 9.17) is 14.2 Å². The molecule has 0 rings (SSSR count). The molecular weight excluding hydrogens is 757 g/mol. The Morgan fingerprint density at radius 3 is 1.26 bits per heavy atom. The van der Waals surface area contributed by atoms with Crippen LogP contribution in [0.5, 0.6) is 0 Å². The highest BCUT2D eigenvalue weighted by Gasteiger charge is 2.19. The predicted octanol–water partition coefficient (Wildman–Crippen LogP) is 15.3. The van der Waals surface area contributed by atoms with E-state index in [1.165, 1.54) is 12.8 Å². The normalized spacial score (nSPS) is 13.4. The third-order valence-corrected chi connectivity index (χ3v) is 8.98. The molecule has 0 aliphatic rings. The summed E-state index contributed by atoms with van der Waals surface area (Å²) in [6.45, 7) is 6.18. The number of esters is 3. The number of carbonyl (C=O) groups is 3. The van der Waals surface area contributed by atoms with Crippen molar-refractivity contribution in [2.75, 3.05) is 13.2 Å². The topological polar surface area (TPSA) is 78.9 Å². The molecule has 0 aromatic carbocycles. The first-order valence-electron chi connectivity index (χ1n) is 23.4. The molecule has 0 fully saturated rings. The molecule has 1 unspecified atom stereocenters. The van der Waals surface area contributed by atoms with Gasteiger partial charge >= 0.3 is 17.9 Å². The second kappa shape index (κ2) is 48.0. The smallest absolute Gasteiger partial charge is 0.306 e. The number of unbranched alkanes of at least 4 members (excludes halogenated alkanes) is 9. The van der Waals surface area contributed by atoms with Crippen molar-refractivity contribution in [3.63, 3.8) is 0 Å². The lowest BCUT2D eigenvalue weighted by Crippen LogP contribution is -2.30. The van der Waals surface area contributed by atoms with Crippen molar-refractivity contribution in [1.29, 1.82) is 0 Å². The summed E-state index contributed by atoms with van der Waals surface area (Å²) < 4.78 is 16.6. The van der Waals surface area contributed by atoms with E-state index in [1.54, 1.807) is 0 Å². The fourth-order valence-electron chi connectivity index (χ4n) is 5.50. The van der Waals surface area contributed by atoms with Crippen LogP contribution in [0.15, 0.2) is 146 Å². The molecule has 0 radical (unpaired) electrons. The molecule has 0 N–H and O–H groups in total. The second-order valence-corrected chi connectivity index (χ2v) is 14.7. The Morgan fingerprint density at radius 1 is 0.361 bits per heavy atom. The number of carbonyl (C=O) groups excluding carboxylic acids is 3. The van der Waals surface area contributed by atoms with Crippen LogP contribution in [0.4, 0.5) is 0 Å². The van der Waals surface area contributed by atoms with Crippen molar-refractivity contribution in [1.82, 2.24) is 0 Å². The Labute approximate surface area is 372 Å². The van der Waals surface area contributed by atoms with Gasteiger partial charge in [-0.15, -0.1) is 0 Å². The van der Waals surface area contributed by atoms with Gasteiger partial charge in [0.25, 0.3) is 0 Å². The van der Waals surface area contributed by atoms with Gasteiger partial charge in [-0.25, -0.2) is 0 Å². The highest BCUT2D eigenvalue weighted by molar-refractivity contribution is 5.71. The van der Waals surface area contributed by atoms with Crippen LogP contribution in [0, 0.1) is 0 Å². The van der Waals surface area contributed by atoms with Crippen LogP contribution in [0.1, 0.15) is 162 Å². The Kier molecular flexibility index (Phi) is 44.3. The number of hydrogen-bond donors (Lipinski definition) is 0. The van der Waals surface area contributed by atoms with E-state index in [9.17, 15) is 14.4 Å². The van der Waals surface area contributed by atoms with E-state index in [0.717, 1.165) is 96.3 Å². The van der Waals surface area contributed by atoms with Gasteiger partial charge in [0.2, 0.25) is 0 Å². The fourth-order valence-corrected chi connectivity index (χ4v) is 5.50. The lowest BCUT2D eigenvalue weighted by molar-refractivity contribution is -0.166. The van der Waals surface area contributed by atoms with Crippen LogP contribution < -0.4 is 0 Å². The highest BCUT2D eigenvalue weighted by atomic mass is 16.6. The summed E-state index contributed by atoms with van der Waals surface area (Å²) >= 11 is 0. The summed E-state index contributed by atoms with van der Waals surface area (Å²) in [6, 6.07) is 0. The summed E-state index contributed by atoms with van der Waals surface area (Å²) in [7, 11) is 0. The SMILES string of the molecule is CC\C=C/C=C\C=C/C=C\C=C\C=C/CCCCCC(=O)OCC(COC(=O)CCCCCC/C=C\CCCC)OC(=O)CC/C=C\C/C=C\C/C=C\C/C=C\C/C=C\CC. The van der Waals surface area contributed by atoms with Gasteiger partial charge in [-0.3, -0.25) is 14.4 Å². The zero-order valence-corrected chi connectivity index (χ0v) is 38.4. The quantitative estimate of drug-likeness (QED) is 0.0202. The predicted molar refractivity (Wildman–Crippen MR) is 260 cm³/mol. The van der Waals surface area contributed by atoms with Gasteiger partial charge < -0.3 is 14.2 Å². The summed E-state index contributed by atoms with van der Waals surface area (Å²) in [4.78, 5) is 37.8. The first-order chi connectivity index (χ1) is 30.0. The first kappa shape index (κ1) is 56.3. The molecule has 0 amide bonds. The lowest BCUT2D eigenvalue weighted by Gasteiger charge is -2.18. The van der Waals surface area contributed by atoms with Gasteiger partial charge in [0.05, 0.1) is 0 Å². The lowest BCUT2D eigenvalue weighted by atomic mass is 10.1. The van der Waals surface area contributed by atoms with Crippen molar-refractivity contribution in [3.8, 4) is 0 Å². The Bertz CT molecular complexity index is 1430. The van der Waals surface area contributed by atoms with E-state index in [-0.39, 0.29) is 38.0 Å². The van der Waals surface area contributed by atoms with E-state index >= 15 is 0 Å². The standard InChI is InChI=1S/C55H82O6/c1-4-7-10-13-16-19-22-24-26-28-30-31-33-36-39-42-45-48-54(57)60-51-52(50-59-53(56)47-44-41-38-35-21-18-15-12-9-6-3)61-55(58)49-46-43-40-37-34-32-29-27-25-23-20-17-14-11-8-5-2/h7-8,10-11,13,15-20,22,24-28,30-34,40,43,52H,4-6,9,12,14,21,23,29,35-39,41-42,44-51H2,1-3H3/b10-7-,11-8-,16-13-,18-15-,20-17-,22-19-,26-24-,27-25-,30-28+,33-31-,34-32-,43-40-. The van der Waals surface area contributed by atoms with Gasteiger partial charge in [0.15, 0.2) is 6.10 Å². The number of hydrogen-bond acceptors (Lipinski definition) is 6. The molecule has 0 saturated carbocycles. The van der Waals surface area contributed by atoms with Gasteiger partial charge in [-0.2, -0.15) is 0 Å². The van der Waals surface area contributed by atoms with Crippen molar-refractivity contribution >= 4 is 17.9 Å². The Balaban J connectivity index is 4.63. The third kappa shape index (κ3) is 46.2. The molecular formula is C55H82O6. The Morgan fingerprint density at radius 2 is 0.754 bits per heavy atom. The maximum absolute atomic E-state index is 12.7. The van der Waals surface area contributed by atoms with Crippen LogP contribution in [-0.2, 0) is 28.6 Å². The monoisotopic (exact) mass is 839 g/mol. The van der Waals surface area contributed by atoms with E-state index in [2.05, 4.69) is 93.7 Å². The molecule has 0 aliphatic carbocycles. The number of ether oxygens (including phenoxy) is 3. The summed E-state index contributed by atoms with van der Waals surface area (Å²) in [6.07, 6.45) is 68.4. The zero-order chi connectivity index (χ0) is 44.4. The van der Waals surface area contributed by atoms with E-state index < -0.39 is 12.1 Å². The van der Waals surface area contributed by atoms with Crippen molar-refractivity contribution in [2.45, 2.75) is 168 Å². The van der Waals surface area contributed by atoms with E-state index in [1.807, 2.05) is 72.9 Å². The molecule has 0 heterocycles. The largest absolute Gasteiger partial charge is 0.462 e. The van der Waals surface area contributed by atoms with Crippen LogP contribution in [0.25, 0.3) is 0 Å². The number of allylic oxidation sites excluding steroid dienone is 24. The minimum absolute atomic E-state index is 0.135. The summed E-state index contributed by atoms with van der Waals surface area (Å²) in [5.74, 6) is -1.10. The summed E-state index contributed by atoms with van der Waals surface area (Å²) in [5, 5.41) is 0. The fraction of sp³-hybridized carbons (Fsp3) is 0.509. The molecule has 0 aromatic rings. The van der Waals surface area contributed by atoms with Gasteiger partial charge in [-0.05, 0) is 89.9 Å². The second-order valence-electron chi connectivity index (χ2n) is 14.7. The first-order valence-corrected chi connectivity index (χ1v) is 23.4. The molecule has 0 aromatic heterocycles. The molecule has 6 heteroatoms. The van der Waals surface area contributed by atoms with Crippen molar-refractivity contribution in [2.24, 2.45) is 0 Å². The van der Waals surface area contributed by atoms with Crippen molar-refractivity contribution in [3.05, 3.63) is 146 Å². The van der Waals surface area contributed by atoms with Crippen LogP contribution >= 0.6 is 0 Å². The highest BCUT2D eigenvalue weighted by Crippen LogP contribution is 2.10. The van der Waals surface area contributed by atoms with Gasteiger partial charge in [0, 0.05) is 19.3 Å². The molecule has 1 atom stereocenters.